The molecule has 0 N–H and O–H groups in total. The average molecular weight is 239 g/mol. The van der Waals surface area contributed by atoms with Gasteiger partial charge >= 0.3 is 6.18 Å². The van der Waals surface area contributed by atoms with Crippen molar-refractivity contribution in [3.05, 3.63) is 22.3 Å². The van der Waals surface area contributed by atoms with E-state index < -0.39 is 11.7 Å². The van der Waals surface area contributed by atoms with Gasteiger partial charge < -0.3 is 0 Å². The molecule has 2 heterocycles. The summed E-state index contributed by atoms with van der Waals surface area (Å²) in [6, 6.07) is 0.935. The Morgan fingerprint density at radius 3 is 2.71 bits per heavy atom. The van der Waals surface area contributed by atoms with Crippen LogP contribution in [-0.4, -0.2) is 9.97 Å². The summed E-state index contributed by atoms with van der Waals surface area (Å²) >= 11 is 6.58. The van der Waals surface area contributed by atoms with Crippen molar-refractivity contribution in [3.63, 3.8) is 0 Å². The molecule has 7 heteroatoms. The Morgan fingerprint density at radius 1 is 1.36 bits per heavy atom. The standard InChI is InChI=1S/C7H2ClF3N2S/c8-6-13-4-1-3(7(9,10)11)2-12-5(4)14-6/h1-2H. The lowest BCUT2D eigenvalue weighted by molar-refractivity contribution is -0.137. The van der Waals surface area contributed by atoms with E-state index in [2.05, 4.69) is 9.97 Å². The predicted molar refractivity (Wildman–Crippen MR) is 47.4 cm³/mol. The number of thiazole rings is 1. The summed E-state index contributed by atoms with van der Waals surface area (Å²) in [5.41, 5.74) is -0.637. The Bertz CT molecular complexity index is 479. The summed E-state index contributed by atoms with van der Waals surface area (Å²) in [5.74, 6) is 0. The van der Waals surface area contributed by atoms with Crippen molar-refractivity contribution < 1.29 is 13.2 Å². The van der Waals surface area contributed by atoms with E-state index in [0.717, 1.165) is 23.6 Å². The number of aromatic nitrogens is 2. The molecule has 0 fully saturated rings. The second-order valence-corrected chi connectivity index (χ2v) is 4.07. The molecule has 0 aliphatic rings. The molecule has 0 saturated carbocycles. The molecule has 0 aliphatic carbocycles. The number of halogens is 4. The lowest BCUT2D eigenvalue weighted by Gasteiger charge is -2.04. The van der Waals surface area contributed by atoms with Gasteiger partial charge in [-0.3, -0.25) is 0 Å². The monoisotopic (exact) mass is 238 g/mol. The summed E-state index contributed by atoms with van der Waals surface area (Å²) in [4.78, 5) is 7.73. The SMILES string of the molecule is FC(F)(F)c1cnc2sc(Cl)nc2c1. The van der Waals surface area contributed by atoms with E-state index in [4.69, 9.17) is 11.6 Å². The maximum atomic E-state index is 12.2. The van der Waals surface area contributed by atoms with Gasteiger partial charge in [0.05, 0.1) is 5.56 Å². The molecule has 0 amide bonds. The molecule has 0 bridgehead atoms. The predicted octanol–water partition coefficient (Wildman–Crippen LogP) is 3.36. The first-order chi connectivity index (χ1) is 6.47. The Labute approximate surface area is 85.4 Å². The highest BCUT2D eigenvalue weighted by Crippen LogP contribution is 2.32. The summed E-state index contributed by atoms with van der Waals surface area (Å²) in [6.07, 6.45) is -3.62. The van der Waals surface area contributed by atoms with Gasteiger partial charge in [-0.05, 0) is 6.07 Å². The van der Waals surface area contributed by atoms with Gasteiger partial charge in [0.15, 0.2) is 4.47 Å². The largest absolute Gasteiger partial charge is 0.417 e. The van der Waals surface area contributed by atoms with E-state index in [0.29, 0.717) is 4.83 Å². The van der Waals surface area contributed by atoms with Crippen LogP contribution >= 0.6 is 22.9 Å². The summed E-state index contributed by atoms with van der Waals surface area (Å²) in [6.45, 7) is 0. The van der Waals surface area contributed by atoms with Gasteiger partial charge in [-0.1, -0.05) is 22.9 Å². The van der Waals surface area contributed by atoms with Crippen molar-refractivity contribution in [3.8, 4) is 0 Å². The first-order valence-electron chi connectivity index (χ1n) is 3.46. The highest BCUT2D eigenvalue weighted by Gasteiger charge is 2.31. The molecular weight excluding hydrogens is 237 g/mol. The fraction of sp³-hybridized carbons (Fsp3) is 0.143. The maximum Gasteiger partial charge on any atom is 0.417 e. The van der Waals surface area contributed by atoms with Crippen molar-refractivity contribution >= 4 is 33.3 Å². The normalized spacial score (nSPS) is 12.3. The van der Waals surface area contributed by atoms with Crippen LogP contribution in [0, 0.1) is 0 Å². The molecule has 0 aromatic carbocycles. The number of hydrogen-bond donors (Lipinski definition) is 0. The van der Waals surface area contributed by atoms with Gasteiger partial charge in [0.2, 0.25) is 0 Å². The van der Waals surface area contributed by atoms with Gasteiger partial charge in [0, 0.05) is 6.20 Å². The lowest BCUT2D eigenvalue weighted by Crippen LogP contribution is -2.04. The van der Waals surface area contributed by atoms with Crippen LogP contribution in [0.1, 0.15) is 5.56 Å². The van der Waals surface area contributed by atoms with Gasteiger partial charge in [0.1, 0.15) is 10.3 Å². The molecular formula is C7H2ClF3N2S. The third-order valence-corrected chi connectivity index (χ3v) is 2.63. The zero-order valence-electron chi connectivity index (χ0n) is 6.47. The van der Waals surface area contributed by atoms with Gasteiger partial charge in [-0.15, -0.1) is 0 Å². The van der Waals surface area contributed by atoms with E-state index in [9.17, 15) is 13.2 Å². The van der Waals surface area contributed by atoms with Crippen molar-refractivity contribution in [2.24, 2.45) is 0 Å². The summed E-state index contributed by atoms with van der Waals surface area (Å²) in [7, 11) is 0. The van der Waals surface area contributed by atoms with E-state index in [1.54, 1.807) is 0 Å². The van der Waals surface area contributed by atoms with Gasteiger partial charge in [0.25, 0.3) is 0 Å². The second kappa shape index (κ2) is 3.06. The van der Waals surface area contributed by atoms with Crippen LogP contribution in [0.4, 0.5) is 13.2 Å². The van der Waals surface area contributed by atoms with Crippen molar-refractivity contribution in [2.75, 3.05) is 0 Å². The van der Waals surface area contributed by atoms with Crippen molar-refractivity contribution in [1.82, 2.24) is 9.97 Å². The highest BCUT2D eigenvalue weighted by atomic mass is 35.5. The molecule has 2 nitrogen and oxygen atoms in total. The van der Waals surface area contributed by atoms with Crippen molar-refractivity contribution in [2.45, 2.75) is 6.18 Å². The van der Waals surface area contributed by atoms with Crippen LogP contribution < -0.4 is 0 Å². The Morgan fingerprint density at radius 2 is 2.07 bits per heavy atom. The minimum Gasteiger partial charge on any atom is -0.243 e. The first-order valence-corrected chi connectivity index (χ1v) is 4.65. The number of fused-ring (bicyclic) bond motifs is 1. The molecule has 0 radical (unpaired) electrons. The number of pyridine rings is 1. The van der Waals surface area contributed by atoms with Crippen LogP contribution in [-0.2, 0) is 6.18 Å². The summed E-state index contributed by atoms with van der Waals surface area (Å²) in [5, 5.41) is 0. The van der Waals surface area contributed by atoms with E-state index in [1.807, 2.05) is 0 Å². The Kier molecular flexibility index (Phi) is 2.11. The fourth-order valence-corrected chi connectivity index (χ4v) is 1.88. The van der Waals surface area contributed by atoms with Crippen LogP contribution in [0.25, 0.3) is 10.3 Å². The molecule has 0 atom stereocenters. The van der Waals surface area contributed by atoms with Crippen LogP contribution in [0.3, 0.4) is 0 Å². The number of hydrogen-bond acceptors (Lipinski definition) is 3. The third-order valence-electron chi connectivity index (χ3n) is 1.55. The number of alkyl halides is 3. The number of nitrogens with zero attached hydrogens (tertiary/aromatic N) is 2. The van der Waals surface area contributed by atoms with E-state index in [-0.39, 0.29) is 9.98 Å². The average Bonchev–Trinajstić information content (AvgIpc) is 2.41. The highest BCUT2D eigenvalue weighted by molar-refractivity contribution is 7.21. The molecule has 2 rings (SSSR count). The smallest absolute Gasteiger partial charge is 0.243 e. The Hall–Kier alpha value is -0.880. The topological polar surface area (TPSA) is 25.8 Å². The second-order valence-electron chi connectivity index (χ2n) is 2.51. The third kappa shape index (κ3) is 1.67. The minimum absolute atomic E-state index is 0.176. The van der Waals surface area contributed by atoms with Gasteiger partial charge in [-0.25, -0.2) is 9.97 Å². The quantitative estimate of drug-likeness (QED) is 0.703. The zero-order chi connectivity index (χ0) is 10.3. The molecule has 0 unspecified atom stereocenters. The van der Waals surface area contributed by atoms with Crippen LogP contribution in [0.15, 0.2) is 12.3 Å². The van der Waals surface area contributed by atoms with Crippen LogP contribution in [0.2, 0.25) is 4.47 Å². The lowest BCUT2D eigenvalue weighted by atomic mass is 10.3. The van der Waals surface area contributed by atoms with Gasteiger partial charge in [-0.2, -0.15) is 13.2 Å². The maximum absolute atomic E-state index is 12.2. The number of rotatable bonds is 0. The fourth-order valence-electron chi connectivity index (χ4n) is 0.952. The molecule has 0 aliphatic heterocycles. The molecule has 2 aromatic heterocycles. The van der Waals surface area contributed by atoms with E-state index >= 15 is 0 Å². The molecule has 2 aromatic rings. The molecule has 0 saturated heterocycles. The molecule has 0 spiro atoms. The molecule has 74 valence electrons. The Balaban J connectivity index is 2.62. The minimum atomic E-state index is -4.39. The zero-order valence-corrected chi connectivity index (χ0v) is 8.04. The summed E-state index contributed by atoms with van der Waals surface area (Å²) < 4.78 is 36.9. The molecule has 14 heavy (non-hydrogen) atoms. The van der Waals surface area contributed by atoms with Crippen LogP contribution in [0.5, 0.6) is 0 Å². The first kappa shape index (κ1) is 9.67. The van der Waals surface area contributed by atoms with Crippen molar-refractivity contribution in [1.29, 1.82) is 0 Å². The van der Waals surface area contributed by atoms with E-state index in [1.165, 1.54) is 0 Å².